The van der Waals surface area contributed by atoms with E-state index in [2.05, 4.69) is 0 Å². The molecule has 108 valence electrons. The first-order valence-corrected chi connectivity index (χ1v) is 6.71. The minimum Gasteiger partial charge on any atom is -0.375 e. The van der Waals surface area contributed by atoms with E-state index in [-0.39, 0.29) is 5.78 Å². The Balaban J connectivity index is 2.05. The molecule has 0 bridgehead atoms. The first kappa shape index (κ1) is 15.5. The van der Waals surface area contributed by atoms with Crippen LogP contribution in [0, 0.1) is 0 Å². The minimum absolute atomic E-state index is 0.0866. The van der Waals surface area contributed by atoms with E-state index in [0.717, 1.165) is 0 Å². The average molecular weight is 332 g/mol. The van der Waals surface area contributed by atoms with Gasteiger partial charge in [0.2, 0.25) is 10.1 Å². The lowest BCUT2D eigenvalue weighted by molar-refractivity contribution is -0.159. The number of carbonyl (C=O) groups excluding carboxylic acids is 1. The third-order valence-corrected chi connectivity index (χ3v) is 3.34. The highest BCUT2D eigenvalue weighted by molar-refractivity contribution is 6.67. The zero-order valence-corrected chi connectivity index (χ0v) is 12.5. The van der Waals surface area contributed by atoms with E-state index in [1.54, 1.807) is 6.08 Å². The SMILES string of the molecule is CO[C@H]1C(/C=C/C(C)=O)O[C@@H]2OC(C(Cl)(Cl)Cl)O[C@@H]21. The molecule has 0 N–H and O–H groups in total. The van der Waals surface area contributed by atoms with Crippen LogP contribution in [0.2, 0.25) is 0 Å². The van der Waals surface area contributed by atoms with Gasteiger partial charge in [-0.3, -0.25) is 4.79 Å². The Hall–Kier alpha value is 0.120. The first-order chi connectivity index (χ1) is 8.82. The largest absolute Gasteiger partial charge is 0.375 e. The summed E-state index contributed by atoms with van der Waals surface area (Å²) in [6.45, 7) is 1.44. The molecule has 0 saturated carbocycles. The van der Waals surface area contributed by atoms with Gasteiger partial charge in [0.15, 0.2) is 12.1 Å². The van der Waals surface area contributed by atoms with Crippen LogP contribution in [0.25, 0.3) is 0 Å². The molecule has 2 heterocycles. The maximum absolute atomic E-state index is 10.9. The highest BCUT2D eigenvalue weighted by Gasteiger charge is 2.56. The lowest BCUT2D eigenvalue weighted by Gasteiger charge is -2.23. The molecule has 0 aliphatic carbocycles. The van der Waals surface area contributed by atoms with E-state index in [1.165, 1.54) is 20.1 Å². The molecule has 19 heavy (non-hydrogen) atoms. The summed E-state index contributed by atoms with van der Waals surface area (Å²) in [6.07, 6.45) is -0.0729. The Morgan fingerprint density at radius 3 is 2.47 bits per heavy atom. The Morgan fingerprint density at radius 2 is 1.95 bits per heavy atom. The second kappa shape index (κ2) is 5.85. The van der Waals surface area contributed by atoms with E-state index < -0.39 is 34.7 Å². The van der Waals surface area contributed by atoms with Gasteiger partial charge in [-0.1, -0.05) is 34.8 Å². The molecule has 0 spiro atoms. The van der Waals surface area contributed by atoms with Crippen molar-refractivity contribution in [1.29, 1.82) is 0 Å². The summed E-state index contributed by atoms with van der Waals surface area (Å²) >= 11 is 17.1. The van der Waals surface area contributed by atoms with Crippen molar-refractivity contribution in [3.8, 4) is 0 Å². The van der Waals surface area contributed by atoms with E-state index in [9.17, 15) is 4.79 Å². The average Bonchev–Trinajstić information content (AvgIpc) is 2.81. The number of methoxy groups -OCH3 is 1. The van der Waals surface area contributed by atoms with Crippen molar-refractivity contribution in [1.82, 2.24) is 0 Å². The van der Waals surface area contributed by atoms with Crippen molar-refractivity contribution >= 4 is 40.6 Å². The molecule has 2 fully saturated rings. The molecule has 0 aromatic carbocycles. The molecule has 5 atom stereocenters. The van der Waals surface area contributed by atoms with Crippen LogP contribution in [-0.4, -0.2) is 47.6 Å². The Kier molecular flexibility index (Phi) is 4.78. The van der Waals surface area contributed by atoms with Crippen LogP contribution in [0.15, 0.2) is 12.2 Å². The molecular weight excluding hydrogens is 318 g/mol. The lowest BCUT2D eigenvalue weighted by atomic mass is 10.1. The van der Waals surface area contributed by atoms with Gasteiger partial charge in [-0.15, -0.1) is 0 Å². The Morgan fingerprint density at radius 1 is 1.26 bits per heavy atom. The molecule has 0 aromatic heterocycles. The fourth-order valence-corrected chi connectivity index (χ4v) is 2.32. The molecule has 2 aliphatic rings. The van der Waals surface area contributed by atoms with Crippen molar-refractivity contribution < 1.29 is 23.7 Å². The zero-order valence-electron chi connectivity index (χ0n) is 10.2. The molecule has 2 aliphatic heterocycles. The molecule has 8 heteroatoms. The van der Waals surface area contributed by atoms with Gasteiger partial charge < -0.3 is 18.9 Å². The number of ether oxygens (including phenoxy) is 4. The fraction of sp³-hybridized carbons (Fsp3) is 0.727. The molecular formula is C11H13Cl3O5. The third-order valence-electron chi connectivity index (χ3n) is 2.81. The number of hydrogen-bond donors (Lipinski definition) is 0. The number of alkyl halides is 3. The second-order valence-corrected chi connectivity index (χ2v) is 6.62. The van der Waals surface area contributed by atoms with Crippen LogP contribution in [0.1, 0.15) is 6.92 Å². The standard InChI is InChI=1S/C11H13Cl3O5/c1-5(15)3-4-6-7(16-2)8-9(17-6)19-10(18-8)11(12,13)14/h3-4,6-10H,1-2H3/b4-3+/t6?,7-,8+,9+,10?/m0/s1. The second-order valence-electron chi connectivity index (χ2n) is 4.25. The fourth-order valence-electron chi connectivity index (χ4n) is 2.01. The topological polar surface area (TPSA) is 54.0 Å². The van der Waals surface area contributed by atoms with Gasteiger partial charge >= 0.3 is 0 Å². The van der Waals surface area contributed by atoms with Crippen LogP contribution >= 0.6 is 34.8 Å². The predicted molar refractivity (Wildman–Crippen MR) is 69.3 cm³/mol. The van der Waals surface area contributed by atoms with Crippen LogP contribution in [0.5, 0.6) is 0 Å². The zero-order chi connectivity index (χ0) is 14.2. The summed E-state index contributed by atoms with van der Waals surface area (Å²) in [6, 6.07) is 0. The number of ketones is 1. The maximum Gasteiger partial charge on any atom is 0.241 e. The number of hydrogen-bond acceptors (Lipinski definition) is 5. The Bertz CT molecular complexity index is 381. The summed E-state index contributed by atoms with van der Waals surface area (Å²) in [4.78, 5) is 10.9. The van der Waals surface area contributed by atoms with Crippen molar-refractivity contribution in [2.75, 3.05) is 7.11 Å². The highest BCUT2D eigenvalue weighted by atomic mass is 35.6. The Labute approximate surface area is 125 Å². The summed E-state index contributed by atoms with van der Waals surface area (Å²) in [5.74, 6) is -0.0866. The van der Waals surface area contributed by atoms with Crippen LogP contribution in [0.4, 0.5) is 0 Å². The van der Waals surface area contributed by atoms with Crippen LogP contribution < -0.4 is 0 Å². The summed E-state index contributed by atoms with van der Waals surface area (Å²) < 4.78 is 20.1. The van der Waals surface area contributed by atoms with Gasteiger partial charge in [0.1, 0.15) is 18.3 Å². The van der Waals surface area contributed by atoms with E-state index in [0.29, 0.717) is 0 Å². The number of fused-ring (bicyclic) bond motifs is 1. The predicted octanol–water partition coefficient (Wildman–Crippen LogP) is 1.98. The van der Waals surface area contributed by atoms with Gasteiger partial charge in [0.25, 0.3) is 0 Å². The highest BCUT2D eigenvalue weighted by Crippen LogP contribution is 2.42. The van der Waals surface area contributed by atoms with Gasteiger partial charge in [-0.05, 0) is 19.1 Å². The van der Waals surface area contributed by atoms with E-state index in [4.69, 9.17) is 53.8 Å². The maximum atomic E-state index is 10.9. The van der Waals surface area contributed by atoms with Crippen LogP contribution in [0.3, 0.4) is 0 Å². The number of rotatable bonds is 3. The van der Waals surface area contributed by atoms with E-state index >= 15 is 0 Å². The molecule has 2 rings (SSSR count). The molecule has 5 nitrogen and oxygen atoms in total. The summed E-state index contributed by atoms with van der Waals surface area (Å²) in [7, 11) is 1.51. The molecule has 0 radical (unpaired) electrons. The number of halogens is 3. The lowest BCUT2D eigenvalue weighted by Crippen LogP contribution is -2.35. The molecule has 0 aromatic rings. The number of allylic oxidation sites excluding steroid dienone is 1. The minimum atomic E-state index is -1.70. The van der Waals surface area contributed by atoms with Crippen molar-refractivity contribution in [3.05, 3.63) is 12.2 Å². The molecule has 0 amide bonds. The van der Waals surface area contributed by atoms with Gasteiger partial charge in [0.05, 0.1) is 0 Å². The van der Waals surface area contributed by atoms with Gasteiger partial charge in [-0.2, -0.15) is 0 Å². The van der Waals surface area contributed by atoms with Gasteiger partial charge in [0, 0.05) is 7.11 Å². The third kappa shape index (κ3) is 3.42. The van der Waals surface area contributed by atoms with Crippen molar-refractivity contribution in [2.24, 2.45) is 0 Å². The normalized spacial score (nSPS) is 38.9. The van der Waals surface area contributed by atoms with E-state index in [1.807, 2.05) is 0 Å². The van der Waals surface area contributed by atoms with Crippen molar-refractivity contribution in [3.63, 3.8) is 0 Å². The molecule has 2 unspecified atom stereocenters. The number of carbonyl (C=O) groups is 1. The quantitative estimate of drug-likeness (QED) is 0.585. The van der Waals surface area contributed by atoms with Crippen molar-refractivity contribution in [2.45, 2.75) is 41.6 Å². The molecule has 2 saturated heterocycles. The summed E-state index contributed by atoms with van der Waals surface area (Å²) in [5.41, 5.74) is 0. The van der Waals surface area contributed by atoms with Gasteiger partial charge in [-0.25, -0.2) is 0 Å². The first-order valence-electron chi connectivity index (χ1n) is 5.57. The van der Waals surface area contributed by atoms with Crippen LogP contribution in [-0.2, 0) is 23.7 Å². The summed E-state index contributed by atoms with van der Waals surface area (Å²) in [5, 5.41) is 0. The smallest absolute Gasteiger partial charge is 0.241 e. The monoisotopic (exact) mass is 330 g/mol.